The van der Waals surface area contributed by atoms with Crippen molar-refractivity contribution in [1.29, 1.82) is 0 Å². The Labute approximate surface area is 134 Å². The molecule has 1 aromatic carbocycles. The van der Waals surface area contributed by atoms with Crippen molar-refractivity contribution in [2.24, 2.45) is 5.92 Å². The Kier molecular flexibility index (Phi) is 5.12. The van der Waals surface area contributed by atoms with Gasteiger partial charge in [-0.25, -0.2) is 4.79 Å². The van der Waals surface area contributed by atoms with Gasteiger partial charge in [-0.15, -0.1) is 0 Å². The molecule has 2 atom stereocenters. The minimum Gasteiger partial charge on any atom is -0.464 e. The van der Waals surface area contributed by atoms with E-state index in [9.17, 15) is 9.59 Å². The summed E-state index contributed by atoms with van der Waals surface area (Å²) in [6, 6.07) is 4.82. The number of nitrogens with zero attached hydrogens (tertiary/aromatic N) is 1. The van der Waals surface area contributed by atoms with Gasteiger partial charge >= 0.3 is 5.97 Å². The van der Waals surface area contributed by atoms with E-state index in [2.05, 4.69) is 0 Å². The first-order valence-electron chi connectivity index (χ1n) is 6.81. The highest BCUT2D eigenvalue weighted by atomic mass is 35.5. The van der Waals surface area contributed by atoms with Gasteiger partial charge in [0.15, 0.2) is 0 Å². The number of likely N-dealkylation sites (N-methyl/N-ethyl adjacent to an activating group) is 1. The molecular formula is C15H17Cl2NO3. The topological polar surface area (TPSA) is 46.6 Å². The van der Waals surface area contributed by atoms with Gasteiger partial charge < -0.3 is 9.64 Å². The van der Waals surface area contributed by atoms with Crippen molar-refractivity contribution in [1.82, 2.24) is 4.90 Å². The van der Waals surface area contributed by atoms with E-state index in [-0.39, 0.29) is 17.8 Å². The fourth-order valence-corrected chi connectivity index (χ4v) is 2.91. The number of carbonyl (C=O) groups is 2. The Morgan fingerprint density at radius 2 is 2.10 bits per heavy atom. The molecular weight excluding hydrogens is 313 g/mol. The standard InChI is InChI=1S/C15H17Cl2NO3/c1-3-21-15(20)13-8-10(14(19)18(13)2)6-9-4-5-11(16)12(17)7-9/h4-5,7,10,13H,3,6,8H2,1-2H3. The van der Waals surface area contributed by atoms with Crippen molar-refractivity contribution < 1.29 is 14.3 Å². The van der Waals surface area contributed by atoms with Crippen molar-refractivity contribution in [3.05, 3.63) is 33.8 Å². The van der Waals surface area contributed by atoms with Gasteiger partial charge in [-0.05, 0) is 37.5 Å². The molecule has 0 bridgehead atoms. The lowest BCUT2D eigenvalue weighted by Crippen LogP contribution is -2.36. The number of benzene rings is 1. The Bertz CT molecular complexity index is 562. The summed E-state index contributed by atoms with van der Waals surface area (Å²) in [7, 11) is 1.64. The summed E-state index contributed by atoms with van der Waals surface area (Å²) in [6.07, 6.45) is 1.00. The van der Waals surface area contributed by atoms with Gasteiger partial charge in [-0.2, -0.15) is 0 Å². The molecule has 0 aromatic heterocycles. The average molecular weight is 330 g/mol. The molecule has 0 radical (unpaired) electrons. The van der Waals surface area contributed by atoms with Gasteiger partial charge in [0.25, 0.3) is 0 Å². The van der Waals surface area contributed by atoms with Crippen LogP contribution in [-0.4, -0.2) is 36.5 Å². The van der Waals surface area contributed by atoms with Gasteiger partial charge in [-0.1, -0.05) is 29.3 Å². The number of likely N-dealkylation sites (tertiary alicyclic amines) is 1. The van der Waals surface area contributed by atoms with Crippen LogP contribution in [0.2, 0.25) is 10.0 Å². The maximum atomic E-state index is 12.2. The molecule has 1 aliphatic rings. The Balaban J connectivity index is 2.09. The fourth-order valence-electron chi connectivity index (χ4n) is 2.58. The van der Waals surface area contributed by atoms with E-state index >= 15 is 0 Å². The Morgan fingerprint density at radius 1 is 1.38 bits per heavy atom. The maximum Gasteiger partial charge on any atom is 0.328 e. The third-order valence-corrected chi connectivity index (χ3v) is 4.44. The summed E-state index contributed by atoms with van der Waals surface area (Å²) >= 11 is 11.9. The second-order valence-electron chi connectivity index (χ2n) is 5.10. The molecule has 1 fully saturated rings. The van der Waals surface area contributed by atoms with Crippen LogP contribution < -0.4 is 0 Å². The molecule has 1 saturated heterocycles. The van der Waals surface area contributed by atoms with E-state index in [4.69, 9.17) is 27.9 Å². The lowest BCUT2D eigenvalue weighted by Gasteiger charge is -2.17. The molecule has 2 rings (SSSR count). The molecule has 2 unspecified atom stereocenters. The number of rotatable bonds is 4. The molecule has 0 aliphatic carbocycles. The molecule has 1 amide bonds. The van der Waals surface area contributed by atoms with Gasteiger partial charge in [0.2, 0.25) is 5.91 Å². The van der Waals surface area contributed by atoms with E-state index in [1.807, 2.05) is 6.07 Å². The summed E-state index contributed by atoms with van der Waals surface area (Å²) in [4.78, 5) is 25.6. The van der Waals surface area contributed by atoms with Gasteiger partial charge in [0, 0.05) is 13.0 Å². The molecule has 1 aliphatic heterocycles. The van der Waals surface area contributed by atoms with Crippen LogP contribution in [-0.2, 0) is 20.7 Å². The summed E-state index contributed by atoms with van der Waals surface area (Å²) < 4.78 is 5.01. The van der Waals surface area contributed by atoms with Crippen molar-refractivity contribution >= 4 is 35.1 Å². The predicted octanol–water partition coefficient (Wildman–Crippen LogP) is 2.95. The smallest absolute Gasteiger partial charge is 0.328 e. The quantitative estimate of drug-likeness (QED) is 0.798. The van der Waals surface area contributed by atoms with Gasteiger partial charge in [0.1, 0.15) is 6.04 Å². The Morgan fingerprint density at radius 3 is 2.71 bits per heavy atom. The number of hydrogen-bond donors (Lipinski definition) is 0. The van der Waals surface area contributed by atoms with Crippen molar-refractivity contribution in [3.63, 3.8) is 0 Å². The molecule has 0 N–H and O–H groups in total. The van der Waals surface area contributed by atoms with E-state index in [0.29, 0.717) is 29.5 Å². The molecule has 1 aromatic rings. The Hall–Kier alpha value is -1.26. The first-order valence-corrected chi connectivity index (χ1v) is 7.56. The predicted molar refractivity (Wildman–Crippen MR) is 81.5 cm³/mol. The summed E-state index contributed by atoms with van der Waals surface area (Å²) in [5.41, 5.74) is 0.931. The van der Waals surface area contributed by atoms with Crippen LogP contribution in [0.1, 0.15) is 18.9 Å². The SMILES string of the molecule is CCOC(=O)C1CC(Cc2ccc(Cl)c(Cl)c2)C(=O)N1C. The van der Waals surface area contributed by atoms with Gasteiger partial charge in [-0.3, -0.25) is 4.79 Å². The number of esters is 1. The lowest BCUT2D eigenvalue weighted by atomic mass is 9.96. The minimum atomic E-state index is -0.495. The number of halogens is 2. The zero-order chi connectivity index (χ0) is 15.6. The summed E-state index contributed by atoms with van der Waals surface area (Å²) in [6.45, 7) is 2.07. The molecule has 1 heterocycles. The van der Waals surface area contributed by atoms with Crippen LogP contribution in [0.5, 0.6) is 0 Å². The second kappa shape index (κ2) is 6.67. The molecule has 114 valence electrons. The van der Waals surface area contributed by atoms with E-state index in [1.54, 1.807) is 26.1 Å². The van der Waals surface area contributed by atoms with Crippen LogP contribution >= 0.6 is 23.2 Å². The first kappa shape index (κ1) is 16.1. The van der Waals surface area contributed by atoms with Crippen LogP contribution in [0.3, 0.4) is 0 Å². The van der Waals surface area contributed by atoms with Crippen LogP contribution in [0.25, 0.3) is 0 Å². The van der Waals surface area contributed by atoms with Crippen LogP contribution in [0, 0.1) is 5.92 Å². The number of amides is 1. The van der Waals surface area contributed by atoms with Crippen molar-refractivity contribution in [3.8, 4) is 0 Å². The number of hydrogen-bond acceptors (Lipinski definition) is 3. The molecule has 21 heavy (non-hydrogen) atoms. The van der Waals surface area contributed by atoms with Crippen LogP contribution in [0.4, 0.5) is 0 Å². The highest BCUT2D eigenvalue weighted by Crippen LogP contribution is 2.29. The van der Waals surface area contributed by atoms with Crippen molar-refractivity contribution in [2.75, 3.05) is 13.7 Å². The highest BCUT2D eigenvalue weighted by Gasteiger charge is 2.41. The molecule has 0 spiro atoms. The molecule has 4 nitrogen and oxygen atoms in total. The van der Waals surface area contributed by atoms with Crippen LogP contribution in [0.15, 0.2) is 18.2 Å². The summed E-state index contributed by atoms with van der Waals surface area (Å²) in [5.74, 6) is -0.620. The number of ether oxygens (including phenoxy) is 1. The second-order valence-corrected chi connectivity index (χ2v) is 5.92. The molecule has 6 heteroatoms. The van der Waals surface area contributed by atoms with Crippen molar-refractivity contribution in [2.45, 2.75) is 25.8 Å². The average Bonchev–Trinajstić information content (AvgIpc) is 2.72. The van der Waals surface area contributed by atoms with E-state index in [0.717, 1.165) is 5.56 Å². The third-order valence-electron chi connectivity index (χ3n) is 3.70. The highest BCUT2D eigenvalue weighted by molar-refractivity contribution is 6.42. The van der Waals surface area contributed by atoms with E-state index in [1.165, 1.54) is 4.90 Å². The van der Waals surface area contributed by atoms with Gasteiger partial charge in [0.05, 0.1) is 16.7 Å². The first-order chi connectivity index (χ1) is 9.93. The monoisotopic (exact) mass is 329 g/mol. The van der Waals surface area contributed by atoms with E-state index < -0.39 is 6.04 Å². The minimum absolute atomic E-state index is 0.0425. The third kappa shape index (κ3) is 3.50. The maximum absolute atomic E-state index is 12.2. The zero-order valence-electron chi connectivity index (χ0n) is 11.9. The zero-order valence-corrected chi connectivity index (χ0v) is 13.4. The fraction of sp³-hybridized carbons (Fsp3) is 0.467. The molecule has 0 saturated carbocycles. The summed E-state index contributed by atoms with van der Waals surface area (Å²) in [5, 5.41) is 0.953. The largest absolute Gasteiger partial charge is 0.464 e. The lowest BCUT2D eigenvalue weighted by molar-refractivity contribution is -0.150. The number of carbonyl (C=O) groups excluding carboxylic acids is 2. The normalized spacial score (nSPS) is 21.7.